The highest BCUT2D eigenvalue weighted by molar-refractivity contribution is 7.92. The molecule has 0 spiro atoms. The molecule has 0 radical (unpaired) electrons. The average Bonchev–Trinajstić information content (AvgIpc) is 2.69. The van der Waals surface area contributed by atoms with Crippen molar-refractivity contribution >= 4 is 15.7 Å². The fourth-order valence-electron chi connectivity index (χ4n) is 1.49. The average molecular weight is 276 g/mol. The summed E-state index contributed by atoms with van der Waals surface area (Å²) >= 11 is 0. The summed E-state index contributed by atoms with van der Waals surface area (Å²) in [7, 11) is -3.67. The van der Waals surface area contributed by atoms with Gasteiger partial charge in [-0.2, -0.15) is 0 Å². The van der Waals surface area contributed by atoms with Crippen LogP contribution in [0.25, 0.3) is 0 Å². The number of sulfone groups is 1. The van der Waals surface area contributed by atoms with Crippen LogP contribution < -0.4 is 5.48 Å². The Morgan fingerprint density at radius 1 is 1.61 bits per heavy atom. The van der Waals surface area contributed by atoms with Gasteiger partial charge in [0, 0.05) is 12.3 Å². The van der Waals surface area contributed by atoms with Gasteiger partial charge in [-0.3, -0.25) is 10.0 Å². The number of hydrogen-bond acceptors (Lipinski definition) is 6. The van der Waals surface area contributed by atoms with E-state index < -0.39 is 20.5 Å². The van der Waals surface area contributed by atoms with Crippen molar-refractivity contribution in [3.63, 3.8) is 0 Å². The number of nitrogens with one attached hydrogen (secondary N) is 1. The first-order valence-corrected chi connectivity index (χ1v) is 7.16. The third-order valence-electron chi connectivity index (χ3n) is 2.94. The van der Waals surface area contributed by atoms with Gasteiger partial charge >= 0.3 is 0 Å². The molecule has 0 aromatic carbocycles. The van der Waals surface area contributed by atoms with Crippen LogP contribution >= 0.6 is 0 Å². The molecule has 0 bridgehead atoms. The van der Waals surface area contributed by atoms with E-state index in [4.69, 9.17) is 9.73 Å². The maximum Gasteiger partial charge on any atom is 0.264 e. The molecule has 1 heterocycles. The maximum atomic E-state index is 11.7. The summed E-state index contributed by atoms with van der Waals surface area (Å²) in [6.45, 7) is 2.98. The third kappa shape index (κ3) is 2.88. The first kappa shape index (κ1) is 14.7. The SMILES string of the molecule is Cc1cc(CCC(C)(C(=O)NO)S(C)(=O)=O)no1. The van der Waals surface area contributed by atoms with Gasteiger partial charge in [0.15, 0.2) is 9.84 Å². The quantitative estimate of drug-likeness (QED) is 0.588. The molecule has 7 nitrogen and oxygen atoms in total. The van der Waals surface area contributed by atoms with E-state index in [1.165, 1.54) is 12.4 Å². The topological polar surface area (TPSA) is 110 Å². The Morgan fingerprint density at radius 3 is 2.61 bits per heavy atom. The molecular weight excluding hydrogens is 260 g/mol. The molecule has 1 aromatic heterocycles. The van der Waals surface area contributed by atoms with Crippen LogP contribution in [0.15, 0.2) is 10.6 Å². The van der Waals surface area contributed by atoms with Gasteiger partial charge in [0.1, 0.15) is 10.5 Å². The lowest BCUT2D eigenvalue weighted by Crippen LogP contribution is -2.49. The van der Waals surface area contributed by atoms with E-state index in [2.05, 4.69) is 5.16 Å². The van der Waals surface area contributed by atoms with Gasteiger partial charge < -0.3 is 4.52 Å². The summed E-state index contributed by atoms with van der Waals surface area (Å²) in [6.07, 6.45) is 1.22. The number of amides is 1. The second kappa shape index (κ2) is 5.07. The van der Waals surface area contributed by atoms with Gasteiger partial charge in [-0.1, -0.05) is 5.16 Å². The molecule has 1 rings (SSSR count). The first-order valence-electron chi connectivity index (χ1n) is 5.27. The van der Waals surface area contributed by atoms with Crippen molar-refractivity contribution in [1.82, 2.24) is 10.6 Å². The summed E-state index contributed by atoms with van der Waals surface area (Å²) in [5, 5.41) is 12.4. The number of carbonyl (C=O) groups is 1. The molecule has 18 heavy (non-hydrogen) atoms. The standard InChI is InChI=1S/C10H16N2O5S/c1-7-6-8(12-17-7)4-5-10(2,9(13)11-14)18(3,15)16/h6,14H,4-5H2,1-3H3,(H,11,13). The first-order chi connectivity index (χ1) is 8.20. The number of carbonyl (C=O) groups excluding carboxylic acids is 1. The minimum atomic E-state index is -3.67. The molecule has 0 aliphatic carbocycles. The number of rotatable bonds is 5. The zero-order valence-corrected chi connectivity index (χ0v) is 11.2. The van der Waals surface area contributed by atoms with Crippen LogP contribution in [0.4, 0.5) is 0 Å². The molecule has 8 heteroatoms. The molecule has 2 N–H and O–H groups in total. The van der Waals surface area contributed by atoms with E-state index in [0.29, 0.717) is 11.5 Å². The normalized spacial score (nSPS) is 15.1. The second-order valence-electron chi connectivity index (χ2n) is 4.37. The Morgan fingerprint density at radius 2 is 2.22 bits per heavy atom. The summed E-state index contributed by atoms with van der Waals surface area (Å²) < 4.78 is 26.5. The molecule has 1 aromatic rings. The van der Waals surface area contributed by atoms with Crippen LogP contribution in [-0.2, 0) is 21.1 Å². The number of aromatic nitrogens is 1. The van der Waals surface area contributed by atoms with Gasteiger partial charge in [-0.05, 0) is 26.7 Å². The lowest BCUT2D eigenvalue weighted by Gasteiger charge is -2.24. The fourth-order valence-corrected chi connectivity index (χ4v) is 2.34. The Balaban J connectivity index is 2.91. The Kier molecular flexibility index (Phi) is 4.12. The van der Waals surface area contributed by atoms with Crippen molar-refractivity contribution < 1.29 is 22.9 Å². The van der Waals surface area contributed by atoms with Crippen molar-refractivity contribution in [1.29, 1.82) is 0 Å². The summed E-state index contributed by atoms with van der Waals surface area (Å²) in [6, 6.07) is 1.67. The number of hydroxylamine groups is 1. The molecule has 1 amide bonds. The summed E-state index contributed by atoms with van der Waals surface area (Å²) in [4.78, 5) is 11.5. The van der Waals surface area contributed by atoms with E-state index in [0.717, 1.165) is 6.26 Å². The van der Waals surface area contributed by atoms with Crippen LogP contribution in [0.1, 0.15) is 24.8 Å². The molecule has 1 unspecified atom stereocenters. The van der Waals surface area contributed by atoms with Crippen molar-refractivity contribution in [2.45, 2.75) is 31.4 Å². The van der Waals surface area contributed by atoms with Crippen molar-refractivity contribution in [3.8, 4) is 0 Å². The van der Waals surface area contributed by atoms with Crippen LogP contribution in [0.2, 0.25) is 0 Å². The van der Waals surface area contributed by atoms with Gasteiger partial charge in [-0.25, -0.2) is 13.9 Å². The second-order valence-corrected chi connectivity index (χ2v) is 6.82. The number of nitrogens with zero attached hydrogens (tertiary/aromatic N) is 1. The zero-order valence-electron chi connectivity index (χ0n) is 10.4. The van der Waals surface area contributed by atoms with Gasteiger partial charge in [0.05, 0.1) is 5.69 Å². The van der Waals surface area contributed by atoms with Gasteiger partial charge in [-0.15, -0.1) is 0 Å². The molecule has 102 valence electrons. The fraction of sp³-hybridized carbons (Fsp3) is 0.600. The predicted molar refractivity (Wildman–Crippen MR) is 62.7 cm³/mol. The van der Waals surface area contributed by atoms with Crippen LogP contribution in [0, 0.1) is 6.92 Å². The highest BCUT2D eigenvalue weighted by atomic mass is 32.2. The number of aryl methyl sites for hydroxylation is 2. The van der Waals surface area contributed by atoms with Crippen molar-refractivity contribution in [2.75, 3.05) is 6.26 Å². The van der Waals surface area contributed by atoms with Crippen LogP contribution in [0.3, 0.4) is 0 Å². The molecule has 0 aliphatic heterocycles. The molecule has 0 fully saturated rings. The lowest BCUT2D eigenvalue weighted by molar-refractivity contribution is -0.131. The minimum Gasteiger partial charge on any atom is -0.361 e. The molecule has 0 aliphatic rings. The predicted octanol–water partition coefficient (Wildman–Crippen LogP) is 0.224. The third-order valence-corrected chi connectivity index (χ3v) is 4.96. The lowest BCUT2D eigenvalue weighted by atomic mass is 10.0. The molecule has 0 saturated carbocycles. The largest absolute Gasteiger partial charge is 0.361 e. The van der Waals surface area contributed by atoms with E-state index in [1.807, 2.05) is 0 Å². The zero-order chi connectivity index (χ0) is 14.0. The summed E-state index contributed by atoms with van der Waals surface area (Å²) in [5.41, 5.74) is 1.95. The molecular formula is C10H16N2O5S. The summed E-state index contributed by atoms with van der Waals surface area (Å²) in [5.74, 6) is -0.345. The van der Waals surface area contributed by atoms with Crippen molar-refractivity contribution in [3.05, 3.63) is 17.5 Å². The highest BCUT2D eigenvalue weighted by Crippen LogP contribution is 2.23. The van der Waals surface area contributed by atoms with E-state index in [9.17, 15) is 13.2 Å². The number of hydrogen-bond donors (Lipinski definition) is 2. The van der Waals surface area contributed by atoms with Crippen LogP contribution in [-0.4, -0.2) is 35.7 Å². The van der Waals surface area contributed by atoms with Crippen LogP contribution in [0.5, 0.6) is 0 Å². The monoisotopic (exact) mass is 276 g/mol. The maximum absolute atomic E-state index is 11.7. The minimum absolute atomic E-state index is 0.00417. The van der Waals surface area contributed by atoms with E-state index in [-0.39, 0.29) is 12.8 Å². The highest BCUT2D eigenvalue weighted by Gasteiger charge is 2.43. The molecule has 1 atom stereocenters. The van der Waals surface area contributed by atoms with E-state index in [1.54, 1.807) is 13.0 Å². The van der Waals surface area contributed by atoms with Crippen molar-refractivity contribution in [2.24, 2.45) is 0 Å². The van der Waals surface area contributed by atoms with E-state index >= 15 is 0 Å². The van der Waals surface area contributed by atoms with Gasteiger partial charge in [0.25, 0.3) is 5.91 Å². The Bertz CT molecular complexity index is 536. The Labute approximate surface area is 105 Å². The smallest absolute Gasteiger partial charge is 0.264 e. The van der Waals surface area contributed by atoms with Gasteiger partial charge in [0.2, 0.25) is 0 Å². The Hall–Kier alpha value is -1.41. The molecule has 0 saturated heterocycles.